The van der Waals surface area contributed by atoms with E-state index in [0.717, 1.165) is 0 Å². The van der Waals surface area contributed by atoms with Gasteiger partial charge in [0.1, 0.15) is 17.9 Å². The second-order valence-electron chi connectivity index (χ2n) is 6.16. The predicted octanol–water partition coefficient (Wildman–Crippen LogP) is 5.38. The third-order valence-corrected chi connectivity index (χ3v) is 4.41. The largest absolute Gasteiger partial charge is 0.438 e. The molecule has 1 amide bonds. The van der Waals surface area contributed by atoms with Crippen LogP contribution in [0.15, 0.2) is 79.4 Å². The third kappa shape index (κ3) is 4.42. The highest BCUT2D eigenvalue weighted by atomic mass is 35.5. The first-order valence-electron chi connectivity index (χ1n) is 8.86. The van der Waals surface area contributed by atoms with E-state index in [1.807, 2.05) is 6.07 Å². The van der Waals surface area contributed by atoms with E-state index in [0.29, 0.717) is 34.1 Å². The van der Waals surface area contributed by atoms with Gasteiger partial charge in [-0.2, -0.15) is 0 Å². The van der Waals surface area contributed by atoms with Gasteiger partial charge in [0.05, 0.1) is 16.3 Å². The van der Waals surface area contributed by atoms with Crippen molar-refractivity contribution in [1.29, 1.82) is 0 Å². The summed E-state index contributed by atoms with van der Waals surface area (Å²) in [4.78, 5) is 25.0. The number of ether oxygens (including phenoxy) is 1. The average Bonchev–Trinajstić information content (AvgIpc) is 2.77. The molecule has 0 saturated heterocycles. The van der Waals surface area contributed by atoms with Gasteiger partial charge in [0.2, 0.25) is 5.88 Å². The number of carbonyl (C=O) groups excluding carboxylic acids is 1. The molecule has 2 aromatic carbocycles. The number of hydrogen-bond donors (Lipinski definition) is 1. The van der Waals surface area contributed by atoms with Crippen LogP contribution in [0.25, 0.3) is 11.3 Å². The van der Waals surface area contributed by atoms with E-state index in [1.165, 1.54) is 24.5 Å². The number of benzene rings is 2. The molecule has 0 aliphatic carbocycles. The molecule has 6 nitrogen and oxygen atoms in total. The minimum absolute atomic E-state index is 0.0720. The van der Waals surface area contributed by atoms with Crippen LogP contribution >= 0.6 is 11.6 Å². The van der Waals surface area contributed by atoms with E-state index in [9.17, 15) is 9.18 Å². The SMILES string of the molecule is O=C(Nc1ccc(F)c(Cl)c1)c1cccc(Oc2ncccc2-c2ccncn2)c1. The van der Waals surface area contributed by atoms with Gasteiger partial charge in [0.25, 0.3) is 5.91 Å². The molecule has 0 unspecified atom stereocenters. The molecule has 0 fully saturated rings. The summed E-state index contributed by atoms with van der Waals surface area (Å²) in [5, 5.41) is 2.60. The fourth-order valence-electron chi connectivity index (χ4n) is 2.71. The first-order valence-corrected chi connectivity index (χ1v) is 9.24. The summed E-state index contributed by atoms with van der Waals surface area (Å²) < 4.78 is 19.2. The Balaban J connectivity index is 1.56. The molecular formula is C22H14ClFN4O2. The maximum atomic E-state index is 13.3. The lowest BCUT2D eigenvalue weighted by Gasteiger charge is -2.11. The zero-order valence-electron chi connectivity index (χ0n) is 15.4. The molecule has 30 heavy (non-hydrogen) atoms. The topological polar surface area (TPSA) is 77.0 Å². The van der Waals surface area contributed by atoms with Crippen molar-refractivity contribution in [2.24, 2.45) is 0 Å². The molecule has 0 bridgehead atoms. The smallest absolute Gasteiger partial charge is 0.255 e. The van der Waals surface area contributed by atoms with E-state index in [2.05, 4.69) is 20.3 Å². The van der Waals surface area contributed by atoms with Gasteiger partial charge in [0.15, 0.2) is 0 Å². The molecule has 4 rings (SSSR count). The number of amides is 1. The fraction of sp³-hybridized carbons (Fsp3) is 0. The van der Waals surface area contributed by atoms with E-state index in [1.54, 1.807) is 48.8 Å². The summed E-state index contributed by atoms with van der Waals surface area (Å²) in [6.45, 7) is 0. The predicted molar refractivity (Wildman–Crippen MR) is 111 cm³/mol. The van der Waals surface area contributed by atoms with Crippen LogP contribution in [0, 0.1) is 5.82 Å². The van der Waals surface area contributed by atoms with Gasteiger partial charge in [-0.3, -0.25) is 4.79 Å². The third-order valence-electron chi connectivity index (χ3n) is 4.12. The van der Waals surface area contributed by atoms with Crippen LogP contribution < -0.4 is 10.1 Å². The van der Waals surface area contributed by atoms with Crippen LogP contribution in [-0.4, -0.2) is 20.9 Å². The Labute approximate surface area is 176 Å². The lowest BCUT2D eigenvalue weighted by molar-refractivity contribution is 0.102. The molecule has 0 spiro atoms. The van der Waals surface area contributed by atoms with Crippen LogP contribution in [0.1, 0.15) is 10.4 Å². The van der Waals surface area contributed by atoms with E-state index < -0.39 is 5.82 Å². The lowest BCUT2D eigenvalue weighted by atomic mass is 10.2. The van der Waals surface area contributed by atoms with E-state index >= 15 is 0 Å². The maximum absolute atomic E-state index is 13.3. The molecule has 2 aromatic heterocycles. The Bertz CT molecular complexity index is 1200. The first kappa shape index (κ1) is 19.5. The number of nitrogens with one attached hydrogen (secondary N) is 1. The molecule has 4 aromatic rings. The number of pyridine rings is 1. The number of aromatic nitrogens is 3. The van der Waals surface area contributed by atoms with Crippen molar-refractivity contribution in [1.82, 2.24) is 15.0 Å². The Kier molecular flexibility index (Phi) is 5.63. The van der Waals surface area contributed by atoms with Gasteiger partial charge in [-0.15, -0.1) is 0 Å². The average molecular weight is 421 g/mol. The Hall–Kier alpha value is -3.84. The molecule has 1 N–H and O–H groups in total. The zero-order chi connectivity index (χ0) is 20.9. The van der Waals surface area contributed by atoms with Crippen molar-refractivity contribution >= 4 is 23.2 Å². The number of hydrogen-bond acceptors (Lipinski definition) is 5. The Morgan fingerprint density at radius 1 is 1.00 bits per heavy atom. The van der Waals surface area contributed by atoms with Gasteiger partial charge < -0.3 is 10.1 Å². The van der Waals surface area contributed by atoms with Crippen molar-refractivity contribution in [3.05, 3.63) is 95.8 Å². The number of rotatable bonds is 5. The van der Waals surface area contributed by atoms with Crippen molar-refractivity contribution in [2.75, 3.05) is 5.32 Å². The van der Waals surface area contributed by atoms with Gasteiger partial charge in [-0.1, -0.05) is 17.7 Å². The molecule has 2 heterocycles. The fourth-order valence-corrected chi connectivity index (χ4v) is 2.89. The van der Waals surface area contributed by atoms with Crippen LogP contribution in [0.5, 0.6) is 11.6 Å². The minimum Gasteiger partial charge on any atom is -0.438 e. The molecule has 0 aliphatic heterocycles. The lowest BCUT2D eigenvalue weighted by Crippen LogP contribution is -2.12. The highest BCUT2D eigenvalue weighted by Gasteiger charge is 2.12. The number of nitrogens with zero attached hydrogens (tertiary/aromatic N) is 3. The highest BCUT2D eigenvalue weighted by Crippen LogP contribution is 2.30. The standard InChI is InChI=1S/C22H14ClFN4O2/c23-18-12-15(6-7-19(18)24)28-21(29)14-3-1-4-16(11-14)30-22-17(5-2-9-26-22)20-8-10-25-13-27-20/h1-13H,(H,28,29). The van der Waals surface area contributed by atoms with E-state index in [-0.39, 0.29) is 10.9 Å². The first-order chi connectivity index (χ1) is 14.6. The molecule has 0 radical (unpaired) electrons. The number of carbonyl (C=O) groups is 1. The van der Waals surface area contributed by atoms with E-state index in [4.69, 9.17) is 16.3 Å². The molecular weight excluding hydrogens is 407 g/mol. The normalized spacial score (nSPS) is 10.5. The second kappa shape index (κ2) is 8.67. The van der Waals surface area contributed by atoms with Crippen molar-refractivity contribution in [3.63, 3.8) is 0 Å². The molecule has 0 aliphatic rings. The highest BCUT2D eigenvalue weighted by molar-refractivity contribution is 6.31. The molecule has 0 saturated carbocycles. The molecule has 0 atom stereocenters. The Morgan fingerprint density at radius 2 is 1.90 bits per heavy atom. The van der Waals surface area contributed by atoms with Crippen LogP contribution in [0.4, 0.5) is 10.1 Å². The zero-order valence-corrected chi connectivity index (χ0v) is 16.2. The summed E-state index contributed by atoms with van der Waals surface area (Å²) in [7, 11) is 0. The molecule has 8 heteroatoms. The quantitative estimate of drug-likeness (QED) is 0.469. The summed E-state index contributed by atoms with van der Waals surface area (Å²) >= 11 is 5.76. The van der Waals surface area contributed by atoms with Gasteiger partial charge in [0, 0.05) is 23.6 Å². The van der Waals surface area contributed by atoms with Crippen molar-refractivity contribution < 1.29 is 13.9 Å². The van der Waals surface area contributed by atoms with Gasteiger partial charge in [-0.25, -0.2) is 19.3 Å². The molecule has 148 valence electrons. The minimum atomic E-state index is -0.556. The van der Waals surface area contributed by atoms with Crippen LogP contribution in [0.3, 0.4) is 0 Å². The monoisotopic (exact) mass is 420 g/mol. The summed E-state index contributed by atoms with van der Waals surface area (Å²) in [6, 6.07) is 15.9. The maximum Gasteiger partial charge on any atom is 0.255 e. The van der Waals surface area contributed by atoms with Crippen LogP contribution in [0.2, 0.25) is 5.02 Å². The second-order valence-corrected chi connectivity index (χ2v) is 6.57. The van der Waals surface area contributed by atoms with Crippen molar-refractivity contribution in [2.45, 2.75) is 0 Å². The van der Waals surface area contributed by atoms with Crippen LogP contribution in [-0.2, 0) is 0 Å². The summed E-state index contributed by atoms with van der Waals surface area (Å²) in [5.41, 5.74) is 2.09. The Morgan fingerprint density at radius 3 is 2.70 bits per heavy atom. The number of anilines is 1. The number of halogens is 2. The summed E-state index contributed by atoms with van der Waals surface area (Å²) in [5.74, 6) is -0.173. The van der Waals surface area contributed by atoms with Crippen molar-refractivity contribution in [3.8, 4) is 22.9 Å². The van der Waals surface area contributed by atoms with Gasteiger partial charge in [-0.05, 0) is 54.6 Å². The summed E-state index contributed by atoms with van der Waals surface area (Å²) in [6.07, 6.45) is 4.68. The van der Waals surface area contributed by atoms with Gasteiger partial charge >= 0.3 is 0 Å².